The molecule has 4 heteroatoms. The average Bonchev–Trinajstić information content (AvgIpc) is 2.03. The molecule has 1 rings (SSSR count). The maximum Gasteiger partial charge on any atom is 0.280 e. The van der Waals surface area contributed by atoms with Crippen LogP contribution in [0.3, 0.4) is 0 Å². The van der Waals surface area contributed by atoms with Gasteiger partial charge in [-0.1, -0.05) is 6.07 Å². The van der Waals surface area contributed by atoms with E-state index in [1.54, 1.807) is 6.92 Å². The smallest absolute Gasteiger partial charge is 0.280 e. The molecule has 0 fully saturated rings. The molecule has 1 N–H and O–H groups in total. The van der Waals surface area contributed by atoms with E-state index in [0.717, 1.165) is 0 Å². The second-order valence-corrected chi connectivity index (χ2v) is 2.50. The van der Waals surface area contributed by atoms with Crippen molar-refractivity contribution in [1.82, 2.24) is 4.98 Å². The zero-order chi connectivity index (χ0) is 9.14. The van der Waals surface area contributed by atoms with Gasteiger partial charge in [-0.15, -0.1) is 0 Å². The normalized spacial score (nSPS) is 10.8. The van der Waals surface area contributed by atoms with E-state index in [4.69, 9.17) is 5.11 Å². The second kappa shape index (κ2) is 3.58. The lowest BCUT2D eigenvalue weighted by molar-refractivity contribution is 0.145. The number of aliphatic hydroxyl groups excluding tert-OH is 1. The van der Waals surface area contributed by atoms with Crippen molar-refractivity contribution in [3.63, 3.8) is 0 Å². The summed E-state index contributed by atoms with van der Waals surface area (Å²) in [6.45, 7) is 1.38. The minimum atomic E-state index is -2.54. The zero-order valence-electron chi connectivity index (χ0n) is 6.59. The molecule has 66 valence electrons. The summed E-state index contributed by atoms with van der Waals surface area (Å²) in [5.74, 6) is 0. The molecule has 0 bridgehead atoms. The number of pyridine rings is 1. The van der Waals surface area contributed by atoms with Crippen molar-refractivity contribution in [1.29, 1.82) is 0 Å². The third-order valence-corrected chi connectivity index (χ3v) is 1.56. The summed E-state index contributed by atoms with van der Waals surface area (Å²) < 4.78 is 24.3. The van der Waals surface area contributed by atoms with E-state index in [1.807, 2.05) is 0 Å². The maximum absolute atomic E-state index is 12.1. The summed E-state index contributed by atoms with van der Waals surface area (Å²) in [5, 5.41) is 8.66. The Bertz CT molecular complexity index is 276. The predicted octanol–water partition coefficient (Wildman–Crippen LogP) is 1.82. The fourth-order valence-corrected chi connectivity index (χ4v) is 0.958. The number of hydrogen-bond donors (Lipinski definition) is 1. The standard InChI is InChI=1S/C8H9F2NO/c1-5-2-6(4-12)3-11-7(5)8(9)10/h2-3,8,12H,4H2,1H3. The SMILES string of the molecule is Cc1cc(CO)cnc1C(F)F. The first kappa shape index (κ1) is 9.06. The second-order valence-electron chi connectivity index (χ2n) is 2.50. The van der Waals surface area contributed by atoms with Gasteiger partial charge in [-0.3, -0.25) is 4.98 Å². The van der Waals surface area contributed by atoms with Crippen molar-refractivity contribution in [2.75, 3.05) is 0 Å². The molecule has 0 saturated heterocycles. The fraction of sp³-hybridized carbons (Fsp3) is 0.375. The van der Waals surface area contributed by atoms with Gasteiger partial charge in [-0.25, -0.2) is 8.78 Å². The van der Waals surface area contributed by atoms with Crippen LogP contribution in [0.1, 0.15) is 23.2 Å². The van der Waals surface area contributed by atoms with Crippen LogP contribution in [0.15, 0.2) is 12.3 Å². The fourth-order valence-electron chi connectivity index (χ4n) is 0.958. The van der Waals surface area contributed by atoms with Crippen molar-refractivity contribution < 1.29 is 13.9 Å². The molecule has 0 radical (unpaired) electrons. The van der Waals surface area contributed by atoms with Crippen molar-refractivity contribution in [2.45, 2.75) is 20.0 Å². The van der Waals surface area contributed by atoms with E-state index in [9.17, 15) is 8.78 Å². The maximum atomic E-state index is 12.1. The molecule has 1 aromatic rings. The Hall–Kier alpha value is -1.03. The van der Waals surface area contributed by atoms with Crippen LogP contribution >= 0.6 is 0 Å². The van der Waals surface area contributed by atoms with Crippen LogP contribution in [0.2, 0.25) is 0 Å². The Morgan fingerprint density at radius 2 is 2.25 bits per heavy atom. The molecule has 2 nitrogen and oxygen atoms in total. The predicted molar refractivity (Wildman–Crippen MR) is 39.9 cm³/mol. The molecule has 0 aliphatic rings. The van der Waals surface area contributed by atoms with Crippen LogP contribution in [0.4, 0.5) is 8.78 Å². The van der Waals surface area contributed by atoms with Crippen LogP contribution in [0, 0.1) is 6.92 Å². The summed E-state index contributed by atoms with van der Waals surface area (Å²) in [7, 11) is 0. The lowest BCUT2D eigenvalue weighted by atomic mass is 10.1. The van der Waals surface area contributed by atoms with E-state index in [0.29, 0.717) is 11.1 Å². The molecule has 1 aromatic heterocycles. The Labute approximate surface area is 68.9 Å². The summed E-state index contributed by atoms with van der Waals surface area (Å²) in [6.07, 6.45) is -1.29. The van der Waals surface area contributed by atoms with Gasteiger partial charge in [0.1, 0.15) is 5.69 Å². The van der Waals surface area contributed by atoms with Gasteiger partial charge in [0.15, 0.2) is 0 Å². The number of hydrogen-bond acceptors (Lipinski definition) is 2. The van der Waals surface area contributed by atoms with Crippen molar-refractivity contribution in [2.24, 2.45) is 0 Å². The Morgan fingerprint density at radius 1 is 1.58 bits per heavy atom. The molecule has 0 spiro atoms. The van der Waals surface area contributed by atoms with Gasteiger partial charge in [-0.05, 0) is 18.1 Å². The highest BCUT2D eigenvalue weighted by molar-refractivity contribution is 5.24. The number of alkyl halides is 2. The van der Waals surface area contributed by atoms with E-state index in [-0.39, 0.29) is 12.3 Å². The lowest BCUT2D eigenvalue weighted by Gasteiger charge is -2.04. The van der Waals surface area contributed by atoms with Crippen LogP contribution in [0.25, 0.3) is 0 Å². The van der Waals surface area contributed by atoms with Crippen molar-refractivity contribution >= 4 is 0 Å². The van der Waals surface area contributed by atoms with Gasteiger partial charge in [-0.2, -0.15) is 0 Å². The Morgan fingerprint density at radius 3 is 2.67 bits per heavy atom. The largest absolute Gasteiger partial charge is 0.392 e. The minimum Gasteiger partial charge on any atom is -0.392 e. The number of aromatic nitrogens is 1. The number of aliphatic hydroxyl groups is 1. The van der Waals surface area contributed by atoms with Gasteiger partial charge < -0.3 is 5.11 Å². The highest BCUT2D eigenvalue weighted by Gasteiger charge is 2.11. The lowest BCUT2D eigenvalue weighted by Crippen LogP contribution is -1.96. The molecular weight excluding hydrogens is 164 g/mol. The molecular formula is C8H9F2NO. The number of nitrogens with zero attached hydrogens (tertiary/aromatic N) is 1. The van der Waals surface area contributed by atoms with E-state index in [2.05, 4.69) is 4.98 Å². The molecule has 0 saturated carbocycles. The molecule has 0 aliphatic carbocycles. The summed E-state index contributed by atoms with van der Waals surface area (Å²) in [5.41, 5.74) is 0.751. The van der Waals surface area contributed by atoms with Crippen LogP contribution in [0.5, 0.6) is 0 Å². The quantitative estimate of drug-likeness (QED) is 0.739. The zero-order valence-corrected chi connectivity index (χ0v) is 6.59. The van der Waals surface area contributed by atoms with Crippen molar-refractivity contribution in [3.8, 4) is 0 Å². The first-order chi connectivity index (χ1) is 5.65. The Balaban J connectivity index is 3.03. The van der Waals surface area contributed by atoms with Gasteiger partial charge in [0.2, 0.25) is 0 Å². The summed E-state index contributed by atoms with van der Waals surface area (Å²) in [6, 6.07) is 1.51. The highest BCUT2D eigenvalue weighted by Crippen LogP contribution is 2.20. The number of halogens is 2. The number of rotatable bonds is 2. The van der Waals surface area contributed by atoms with E-state index in [1.165, 1.54) is 12.3 Å². The van der Waals surface area contributed by atoms with Gasteiger partial charge in [0.05, 0.1) is 6.61 Å². The Kier molecular flexibility index (Phi) is 2.70. The third-order valence-electron chi connectivity index (χ3n) is 1.56. The minimum absolute atomic E-state index is 0.169. The third kappa shape index (κ3) is 1.76. The molecule has 0 amide bonds. The van der Waals surface area contributed by atoms with E-state index >= 15 is 0 Å². The summed E-state index contributed by atoms with van der Waals surface area (Å²) in [4.78, 5) is 3.54. The van der Waals surface area contributed by atoms with Gasteiger partial charge in [0.25, 0.3) is 6.43 Å². The molecule has 0 aliphatic heterocycles. The molecule has 0 atom stereocenters. The molecule has 1 heterocycles. The van der Waals surface area contributed by atoms with Crippen LogP contribution in [-0.2, 0) is 6.61 Å². The van der Waals surface area contributed by atoms with Crippen LogP contribution in [-0.4, -0.2) is 10.1 Å². The topological polar surface area (TPSA) is 33.1 Å². The first-order valence-corrected chi connectivity index (χ1v) is 3.49. The van der Waals surface area contributed by atoms with E-state index < -0.39 is 6.43 Å². The average molecular weight is 173 g/mol. The molecule has 12 heavy (non-hydrogen) atoms. The molecule has 0 unspecified atom stereocenters. The molecule has 0 aromatic carbocycles. The van der Waals surface area contributed by atoms with Crippen LogP contribution < -0.4 is 0 Å². The van der Waals surface area contributed by atoms with Crippen molar-refractivity contribution in [3.05, 3.63) is 29.1 Å². The summed E-state index contributed by atoms with van der Waals surface area (Å²) >= 11 is 0. The van der Waals surface area contributed by atoms with Gasteiger partial charge >= 0.3 is 0 Å². The monoisotopic (exact) mass is 173 g/mol. The van der Waals surface area contributed by atoms with Gasteiger partial charge in [0, 0.05) is 6.20 Å². The number of aryl methyl sites for hydroxylation is 1. The first-order valence-electron chi connectivity index (χ1n) is 3.49. The highest BCUT2D eigenvalue weighted by atomic mass is 19.3.